The van der Waals surface area contributed by atoms with Crippen LogP contribution in [-0.2, 0) is 4.57 Å². The molecule has 0 amide bonds. The largest absolute Gasteiger partial charge is 0.494 e. The zero-order valence-electron chi connectivity index (χ0n) is 11.7. The first-order chi connectivity index (χ1) is 9.74. The van der Waals surface area contributed by atoms with E-state index in [0.717, 1.165) is 22.1 Å². The summed E-state index contributed by atoms with van der Waals surface area (Å²) in [5, 5.41) is 1.60. The minimum absolute atomic E-state index is 0.629. The first kappa shape index (κ1) is 14.5. The Kier molecular flexibility index (Phi) is 5.14. The van der Waals surface area contributed by atoms with Gasteiger partial charge in [0.2, 0.25) is 0 Å². The van der Waals surface area contributed by atoms with Gasteiger partial charge < -0.3 is 9.47 Å². The summed E-state index contributed by atoms with van der Waals surface area (Å²) in [4.78, 5) is 0. The Morgan fingerprint density at radius 1 is 0.750 bits per heavy atom. The molecule has 0 aliphatic heterocycles. The van der Waals surface area contributed by atoms with Crippen LogP contribution in [0.5, 0.6) is 11.5 Å². The lowest BCUT2D eigenvalue weighted by Gasteiger charge is -2.01. The Hall–Kier alpha value is -1.86. The molecule has 2 rings (SSSR count). The molecule has 0 heterocycles. The molecule has 0 N–H and O–H groups in total. The van der Waals surface area contributed by atoms with Gasteiger partial charge in [-0.1, -0.05) is 4.57 Å². The number of benzene rings is 2. The van der Waals surface area contributed by atoms with E-state index in [2.05, 4.69) is 0 Å². The van der Waals surface area contributed by atoms with Crippen LogP contribution in [-0.4, -0.2) is 13.2 Å². The van der Waals surface area contributed by atoms with Crippen LogP contribution in [0.25, 0.3) is 0 Å². The van der Waals surface area contributed by atoms with Crippen LogP contribution in [0.2, 0.25) is 0 Å². The topological polar surface area (TPSA) is 35.5 Å². The summed E-state index contributed by atoms with van der Waals surface area (Å²) in [7, 11) is -1.58. The van der Waals surface area contributed by atoms with Crippen molar-refractivity contribution in [1.82, 2.24) is 0 Å². The maximum atomic E-state index is 12.5. The lowest BCUT2D eigenvalue weighted by Crippen LogP contribution is -2.06. The third kappa shape index (κ3) is 3.58. The highest BCUT2D eigenvalue weighted by Crippen LogP contribution is 2.22. The summed E-state index contributed by atoms with van der Waals surface area (Å²) in [6.07, 6.45) is 0. The van der Waals surface area contributed by atoms with E-state index < -0.39 is 7.80 Å². The van der Waals surface area contributed by atoms with Crippen molar-refractivity contribution in [3.63, 3.8) is 0 Å². The molecule has 0 saturated heterocycles. The van der Waals surface area contributed by atoms with Gasteiger partial charge in [-0.2, -0.15) is 0 Å². The Morgan fingerprint density at radius 3 is 1.40 bits per heavy atom. The normalized spacial score (nSPS) is 10.1. The minimum atomic E-state index is -1.58. The van der Waals surface area contributed by atoms with Crippen molar-refractivity contribution < 1.29 is 14.0 Å². The van der Waals surface area contributed by atoms with Crippen molar-refractivity contribution >= 4 is 18.4 Å². The highest BCUT2D eigenvalue weighted by molar-refractivity contribution is 7.61. The van der Waals surface area contributed by atoms with E-state index in [9.17, 15) is 4.57 Å². The fourth-order valence-electron chi connectivity index (χ4n) is 1.84. The molecule has 0 radical (unpaired) electrons. The molecule has 104 valence electrons. The maximum Gasteiger partial charge on any atom is 0.415 e. The molecule has 0 aromatic heterocycles. The Morgan fingerprint density at radius 2 is 1.10 bits per heavy atom. The van der Waals surface area contributed by atoms with Crippen molar-refractivity contribution in [3.05, 3.63) is 48.5 Å². The molecule has 0 atom stereocenters. The molecule has 0 aliphatic rings. The molecule has 20 heavy (non-hydrogen) atoms. The summed E-state index contributed by atoms with van der Waals surface area (Å²) in [6, 6.07) is 14.8. The molecule has 2 aromatic carbocycles. The fourth-order valence-corrected chi connectivity index (χ4v) is 2.98. The van der Waals surface area contributed by atoms with E-state index in [-0.39, 0.29) is 0 Å². The molecular formula is C16H18O3P+. The van der Waals surface area contributed by atoms with Gasteiger partial charge in [0.05, 0.1) is 13.2 Å². The predicted octanol–water partition coefficient (Wildman–Crippen LogP) is 3.26. The van der Waals surface area contributed by atoms with Crippen molar-refractivity contribution in [2.75, 3.05) is 13.2 Å². The summed E-state index contributed by atoms with van der Waals surface area (Å²) in [5.74, 6) is 1.60. The third-order valence-electron chi connectivity index (χ3n) is 2.76. The quantitative estimate of drug-likeness (QED) is 0.766. The van der Waals surface area contributed by atoms with Gasteiger partial charge in [-0.05, 0) is 62.4 Å². The second-order valence-electron chi connectivity index (χ2n) is 4.15. The van der Waals surface area contributed by atoms with Gasteiger partial charge in [-0.25, -0.2) is 0 Å². The third-order valence-corrected chi connectivity index (χ3v) is 4.30. The van der Waals surface area contributed by atoms with Crippen molar-refractivity contribution in [2.45, 2.75) is 13.8 Å². The molecule has 2 aromatic rings. The highest BCUT2D eigenvalue weighted by atomic mass is 31.1. The molecule has 0 aliphatic carbocycles. The van der Waals surface area contributed by atoms with Crippen LogP contribution in [0.1, 0.15) is 13.8 Å². The van der Waals surface area contributed by atoms with Gasteiger partial charge in [-0.3, -0.25) is 0 Å². The van der Waals surface area contributed by atoms with E-state index in [1.807, 2.05) is 62.4 Å². The van der Waals surface area contributed by atoms with Crippen LogP contribution in [0.3, 0.4) is 0 Å². The summed E-state index contributed by atoms with van der Waals surface area (Å²) in [5.41, 5.74) is 0. The number of rotatable bonds is 6. The summed E-state index contributed by atoms with van der Waals surface area (Å²) in [6.45, 7) is 5.14. The molecule has 0 saturated carbocycles. The lowest BCUT2D eigenvalue weighted by atomic mass is 10.3. The molecule has 0 spiro atoms. The lowest BCUT2D eigenvalue weighted by molar-refractivity contribution is 0.340. The van der Waals surface area contributed by atoms with E-state index in [4.69, 9.17) is 9.47 Å². The average Bonchev–Trinajstić information content (AvgIpc) is 2.49. The maximum absolute atomic E-state index is 12.5. The predicted molar refractivity (Wildman–Crippen MR) is 82.1 cm³/mol. The van der Waals surface area contributed by atoms with E-state index in [0.29, 0.717) is 13.2 Å². The van der Waals surface area contributed by atoms with E-state index >= 15 is 0 Å². The van der Waals surface area contributed by atoms with Crippen LogP contribution in [0.4, 0.5) is 0 Å². The van der Waals surface area contributed by atoms with Gasteiger partial charge in [0.25, 0.3) is 0 Å². The van der Waals surface area contributed by atoms with Gasteiger partial charge in [0, 0.05) is 0 Å². The molecule has 0 unspecified atom stereocenters. The summed E-state index contributed by atoms with van der Waals surface area (Å²) < 4.78 is 23.2. The van der Waals surface area contributed by atoms with Gasteiger partial charge >= 0.3 is 7.80 Å². The second kappa shape index (κ2) is 7.06. The first-order valence-electron chi connectivity index (χ1n) is 6.67. The first-order valence-corrected chi connectivity index (χ1v) is 7.93. The van der Waals surface area contributed by atoms with Crippen LogP contribution >= 0.6 is 7.80 Å². The van der Waals surface area contributed by atoms with Crippen LogP contribution in [0, 0.1) is 0 Å². The number of hydrogen-bond donors (Lipinski definition) is 0. The Bertz CT molecular complexity index is 510. The standard InChI is InChI=1S/C16H18O3P/c1-3-18-13-5-9-15(10-6-13)20(17)16-11-7-14(8-12-16)19-4-2/h5-12H,3-4H2,1-2H3/q+1. The molecular weight excluding hydrogens is 271 g/mol. The van der Waals surface area contributed by atoms with Crippen LogP contribution in [0.15, 0.2) is 48.5 Å². The Balaban J connectivity index is 2.13. The van der Waals surface area contributed by atoms with Gasteiger partial charge in [0.15, 0.2) is 10.6 Å². The summed E-state index contributed by atoms with van der Waals surface area (Å²) >= 11 is 0. The van der Waals surface area contributed by atoms with Gasteiger partial charge in [-0.15, -0.1) is 0 Å². The molecule has 0 fully saturated rings. The zero-order chi connectivity index (χ0) is 14.4. The molecule has 3 nitrogen and oxygen atoms in total. The smallest absolute Gasteiger partial charge is 0.415 e. The zero-order valence-corrected chi connectivity index (χ0v) is 12.6. The van der Waals surface area contributed by atoms with Crippen molar-refractivity contribution in [2.24, 2.45) is 0 Å². The fraction of sp³-hybridized carbons (Fsp3) is 0.250. The average molecular weight is 289 g/mol. The van der Waals surface area contributed by atoms with Gasteiger partial charge in [0.1, 0.15) is 11.5 Å². The van der Waals surface area contributed by atoms with E-state index in [1.165, 1.54) is 0 Å². The van der Waals surface area contributed by atoms with Crippen LogP contribution < -0.4 is 20.1 Å². The Labute approximate surface area is 120 Å². The van der Waals surface area contributed by atoms with Crippen molar-refractivity contribution in [1.29, 1.82) is 0 Å². The highest BCUT2D eigenvalue weighted by Gasteiger charge is 2.23. The number of hydrogen-bond acceptors (Lipinski definition) is 3. The minimum Gasteiger partial charge on any atom is -0.494 e. The monoisotopic (exact) mass is 289 g/mol. The molecule has 4 heteroatoms. The van der Waals surface area contributed by atoms with Crippen molar-refractivity contribution in [3.8, 4) is 11.5 Å². The number of ether oxygens (including phenoxy) is 2. The SMILES string of the molecule is CCOc1ccc([P+](=O)c2ccc(OCC)cc2)cc1. The second-order valence-corrected chi connectivity index (χ2v) is 5.77. The van der Waals surface area contributed by atoms with E-state index in [1.54, 1.807) is 0 Å². The molecule has 0 bridgehead atoms.